The van der Waals surface area contributed by atoms with Gasteiger partial charge in [-0.3, -0.25) is 19.6 Å². The molecule has 2 aromatic heterocycles. The Kier molecular flexibility index (Phi) is 19.5. The maximum absolute atomic E-state index is 14.8. The monoisotopic (exact) mass is 1090 g/mol. The third-order valence-corrected chi connectivity index (χ3v) is 13.8. The van der Waals surface area contributed by atoms with Gasteiger partial charge in [-0.2, -0.15) is 28.9 Å². The van der Waals surface area contributed by atoms with Crippen molar-refractivity contribution in [3.63, 3.8) is 0 Å². The quantitative estimate of drug-likeness (QED) is 0.0148. The molecule has 1 aliphatic heterocycles. The molecular formula is C41H25ClN11Na3O12S4. The molecule has 5 aromatic carbocycles. The van der Waals surface area contributed by atoms with Crippen molar-refractivity contribution >= 4 is 125 Å². The van der Waals surface area contributed by atoms with Crippen LogP contribution in [-0.2, 0) is 38.9 Å². The van der Waals surface area contributed by atoms with Gasteiger partial charge in [-0.05, 0) is 77.8 Å². The van der Waals surface area contributed by atoms with Gasteiger partial charge in [-0.15, -0.1) is 0 Å². The molecule has 0 saturated heterocycles. The molecule has 9 rings (SSSR count). The number of pyridine rings is 1. The van der Waals surface area contributed by atoms with Gasteiger partial charge in [0.25, 0.3) is 10.0 Å². The molecule has 72 heavy (non-hydrogen) atoms. The first-order valence-corrected chi connectivity index (χ1v) is 24.2. The minimum atomic E-state index is -4.93. The number of hydrogen-bond acceptors (Lipinski definition) is 24. The second-order valence-corrected chi connectivity index (χ2v) is 19.1. The van der Waals surface area contributed by atoms with Crippen LogP contribution in [0.1, 0.15) is 27.9 Å². The van der Waals surface area contributed by atoms with Crippen molar-refractivity contribution < 1.29 is 144 Å². The summed E-state index contributed by atoms with van der Waals surface area (Å²) >= 11 is 7.19. The first-order chi connectivity index (χ1) is 33.3. The molecule has 0 atom stereocenters. The fraction of sp³-hybridized carbons (Fsp3) is 0.0488. The molecule has 0 radical (unpaired) electrons. The van der Waals surface area contributed by atoms with Crippen LogP contribution in [0, 0.1) is 11.3 Å². The van der Waals surface area contributed by atoms with E-state index in [1.165, 1.54) is 30.3 Å². The van der Waals surface area contributed by atoms with Gasteiger partial charge in [-0.1, -0.05) is 36.4 Å². The van der Waals surface area contributed by atoms with Crippen LogP contribution in [0.4, 0.5) is 46.2 Å². The maximum atomic E-state index is 14.8. The van der Waals surface area contributed by atoms with E-state index in [0.29, 0.717) is 46.1 Å². The van der Waals surface area contributed by atoms with Crippen molar-refractivity contribution in [3.05, 3.63) is 119 Å². The molecule has 3 heterocycles. The molecule has 0 spiro atoms. The molecular weight excluding hydrogens is 1070 g/mol. The minimum Gasteiger partial charge on any atom is -0.744 e. The first kappa shape index (κ1) is 57.2. The van der Waals surface area contributed by atoms with Crippen LogP contribution in [0.3, 0.4) is 0 Å². The van der Waals surface area contributed by atoms with Gasteiger partial charge in [0.1, 0.15) is 20.8 Å². The van der Waals surface area contributed by atoms with E-state index >= 15 is 0 Å². The van der Waals surface area contributed by atoms with Crippen LogP contribution in [0.5, 0.6) is 0 Å². The Hall–Kier alpha value is -4.04. The van der Waals surface area contributed by atoms with Crippen molar-refractivity contribution in [1.82, 2.24) is 24.7 Å². The van der Waals surface area contributed by atoms with Crippen LogP contribution in [0.15, 0.2) is 122 Å². The number of rotatable bonds is 17. The molecule has 0 fully saturated rings. The fourth-order valence-corrected chi connectivity index (χ4v) is 10.0. The Bertz CT molecular complexity index is 3570. The van der Waals surface area contributed by atoms with Gasteiger partial charge >= 0.3 is 88.7 Å². The van der Waals surface area contributed by atoms with Crippen LogP contribution in [0.2, 0.25) is 5.28 Å². The molecule has 2 aliphatic rings. The molecule has 5 N–H and O–H groups in total. The van der Waals surface area contributed by atoms with Crippen molar-refractivity contribution in [2.75, 3.05) is 27.8 Å². The molecule has 7 aromatic rings. The second kappa shape index (κ2) is 24.5. The number of sulfonamides is 1. The van der Waals surface area contributed by atoms with Gasteiger partial charge in [0.05, 0.1) is 90.7 Å². The normalized spacial score (nSPS) is 12.8. The van der Waals surface area contributed by atoms with Crippen LogP contribution < -0.4 is 125 Å². The number of fused-ring (bicyclic) bond motifs is 3. The number of nitriles is 1. The topological polar surface area (TPSA) is 339 Å². The molecule has 0 saturated carbocycles. The van der Waals surface area contributed by atoms with E-state index in [1.807, 2.05) is 0 Å². The number of carbonyl (C=O) groups excluding carboxylic acids is 1. The summed E-state index contributed by atoms with van der Waals surface area (Å²) in [5.74, 6) is -0.731. The van der Waals surface area contributed by atoms with Gasteiger partial charge in [0.2, 0.25) is 17.2 Å². The Morgan fingerprint density at radius 2 is 1.40 bits per heavy atom. The molecule has 0 unspecified atom stereocenters. The average molecular weight is 1100 g/mol. The number of amidine groups is 1. The molecule has 0 amide bonds. The van der Waals surface area contributed by atoms with Crippen LogP contribution in [0.25, 0.3) is 22.0 Å². The van der Waals surface area contributed by atoms with E-state index in [-0.39, 0.29) is 190 Å². The third-order valence-electron chi connectivity index (χ3n) is 10.1. The van der Waals surface area contributed by atoms with E-state index in [4.69, 9.17) is 21.6 Å². The molecule has 23 nitrogen and oxygen atoms in total. The van der Waals surface area contributed by atoms with E-state index in [2.05, 4.69) is 65.8 Å². The number of aliphatic imine (C=N–C) groups is 1. The van der Waals surface area contributed by atoms with E-state index in [1.54, 1.807) is 54.6 Å². The van der Waals surface area contributed by atoms with E-state index in [0.717, 1.165) is 12.1 Å². The Labute approximate surface area is 488 Å². The zero-order valence-corrected chi connectivity index (χ0v) is 47.3. The number of anilines is 7. The number of carbonyl (C=O) groups is 1. The van der Waals surface area contributed by atoms with Crippen molar-refractivity contribution in [2.24, 2.45) is 4.99 Å². The minimum absolute atomic E-state index is 0. The SMILES string of the molecule is N#CCCNc1nc2ccc(Nc3cc(Nc4nc(Cl)nc(Nc5cc(S(=O)(=O)[O-])ccc5SOO[O-])n4)ccc3SOO[O-])c3c2c(c1C1=Nc2ccccc2S(=O)(=O)N1)-c1ccccc1C3=O.[Na+].[Na+].[Na+]. The number of aromatic nitrogens is 4. The number of para-hydroxylation sites is 1. The number of nitrogens with one attached hydrogen (secondary N) is 5. The largest absolute Gasteiger partial charge is 1.00 e. The van der Waals surface area contributed by atoms with Gasteiger partial charge in [0.15, 0.2) is 11.6 Å². The van der Waals surface area contributed by atoms with E-state index in [9.17, 15) is 42.0 Å². The zero-order valence-electron chi connectivity index (χ0n) is 37.2. The summed E-state index contributed by atoms with van der Waals surface area (Å²) in [6.07, 6.45) is 0.0785. The van der Waals surface area contributed by atoms with Gasteiger partial charge in [0, 0.05) is 28.7 Å². The third kappa shape index (κ3) is 12.2. The molecule has 0 bridgehead atoms. The second-order valence-electron chi connectivity index (χ2n) is 14.2. The summed E-state index contributed by atoms with van der Waals surface area (Å²) in [7, 11) is -9.08. The number of halogens is 1. The predicted molar refractivity (Wildman–Crippen MR) is 244 cm³/mol. The summed E-state index contributed by atoms with van der Waals surface area (Å²) in [6, 6.07) is 26.0. The molecule has 1 aliphatic carbocycles. The first-order valence-electron chi connectivity index (χ1n) is 19.5. The Balaban J connectivity index is 0.00000282. The smallest absolute Gasteiger partial charge is 0.744 e. The van der Waals surface area contributed by atoms with Gasteiger partial charge < -0.3 is 36.3 Å². The average Bonchev–Trinajstić information content (AvgIpc) is 3.32. The Morgan fingerprint density at radius 3 is 2.10 bits per heavy atom. The van der Waals surface area contributed by atoms with E-state index < -0.39 is 30.8 Å². The number of hydrogen-bond donors (Lipinski definition) is 5. The maximum Gasteiger partial charge on any atom is 1.00 e. The number of benzene rings is 5. The van der Waals surface area contributed by atoms with Gasteiger partial charge in [-0.25, -0.2) is 26.8 Å². The fourth-order valence-electron chi connectivity index (χ4n) is 7.38. The molecule has 350 valence electrons. The molecule has 31 heteroatoms. The summed E-state index contributed by atoms with van der Waals surface area (Å²) < 4.78 is 74.5. The van der Waals surface area contributed by atoms with Crippen LogP contribution >= 0.6 is 35.7 Å². The summed E-state index contributed by atoms with van der Waals surface area (Å²) in [4.78, 5) is 36.5. The number of nitrogens with zero attached hydrogens (tertiary/aromatic N) is 6. The summed E-state index contributed by atoms with van der Waals surface area (Å²) in [5.41, 5.74) is 2.62. The standard InChI is InChI=1S/C41H28ClN11O12S4.3Na/c42-39-50-40(52-41(51-39)49-28-19-21(69(59,60)61)11-15-30(28)67-65-63-56)45-20-10-14-29(66-64-62-55)27(18-20)46-26-13-12-25-33-32(22-6-1-2-7-23(22)36(54)34(26)33)35(37(48-25)44-17-5-16-43)38-47-24-8-3-4-9-31(24)68(57,58)53-38;;;/h1-4,6-15,18-19,46,55-56H,5,17H2,(H,44,48)(H,47,53)(H,59,60,61)(H2,45,49,50,51,52);;;/q;3*+1/p-3. The zero-order chi connectivity index (χ0) is 48.5. The van der Waals surface area contributed by atoms with Crippen molar-refractivity contribution in [1.29, 1.82) is 5.26 Å². The predicted octanol–water partition coefficient (Wildman–Crippen LogP) is -3.41. The van der Waals surface area contributed by atoms with Crippen LogP contribution in [-0.4, -0.2) is 59.5 Å². The summed E-state index contributed by atoms with van der Waals surface area (Å²) in [5, 5.41) is 50.1. The summed E-state index contributed by atoms with van der Waals surface area (Å²) in [6.45, 7) is 0.136. The van der Waals surface area contributed by atoms with Crippen molar-refractivity contribution in [2.45, 2.75) is 26.0 Å². The number of ketones is 1. The Morgan fingerprint density at radius 1 is 0.750 bits per heavy atom. The van der Waals surface area contributed by atoms with Crippen molar-refractivity contribution in [3.8, 4) is 17.2 Å².